The van der Waals surface area contributed by atoms with Gasteiger partial charge in [-0.25, -0.2) is 19.2 Å². The summed E-state index contributed by atoms with van der Waals surface area (Å²) >= 11 is 0. The van der Waals surface area contributed by atoms with Crippen molar-refractivity contribution in [2.75, 3.05) is 13.2 Å². The van der Waals surface area contributed by atoms with Gasteiger partial charge in [0.1, 0.15) is 34.5 Å². The van der Waals surface area contributed by atoms with Gasteiger partial charge in [0.05, 0.1) is 56.4 Å². The molecule has 4 aliphatic heterocycles. The van der Waals surface area contributed by atoms with E-state index in [9.17, 15) is 19.2 Å². The van der Waals surface area contributed by atoms with E-state index >= 15 is 19.2 Å². The summed E-state index contributed by atoms with van der Waals surface area (Å²) in [5.74, 6) is -3.64. The number of fused-ring (bicyclic) bond motifs is 17. The van der Waals surface area contributed by atoms with Crippen molar-refractivity contribution in [2.24, 2.45) is 43.3 Å². The molecule has 8 atom stereocenters. The molecule has 4 heterocycles. The molecule has 0 radical (unpaired) electrons. The van der Waals surface area contributed by atoms with E-state index in [1.807, 2.05) is 83.1 Å². The van der Waals surface area contributed by atoms with E-state index in [1.165, 1.54) is 64.2 Å². The predicted molar refractivity (Wildman–Crippen MR) is 512 cm³/mol. The summed E-state index contributed by atoms with van der Waals surface area (Å²) in [5, 5.41) is 7.17. The highest BCUT2D eigenvalue weighted by molar-refractivity contribution is 6.97. The number of carbonyl (C=O) groups excluding carboxylic acids is 8. The van der Waals surface area contributed by atoms with Gasteiger partial charge >= 0.3 is 47.8 Å². The van der Waals surface area contributed by atoms with E-state index in [1.54, 1.807) is 24.3 Å². The molecular weight excluding hydrogens is 1640 g/mol. The summed E-state index contributed by atoms with van der Waals surface area (Å²) in [7, 11) is -6.41. The molecule has 0 unspecified atom stereocenters. The van der Waals surface area contributed by atoms with Crippen LogP contribution in [0.5, 0.6) is 34.5 Å². The van der Waals surface area contributed by atoms with Gasteiger partial charge in [-0.3, -0.25) is 19.2 Å². The molecule has 20 heteroatoms. The Labute approximate surface area is 764 Å². The van der Waals surface area contributed by atoms with Crippen LogP contribution < -0.4 is 38.8 Å². The molecule has 6 aromatic rings. The van der Waals surface area contributed by atoms with Gasteiger partial charge in [0.25, 0.3) is 0 Å². The molecule has 4 saturated carbocycles. The second-order valence-corrected chi connectivity index (χ2v) is 57.0. The lowest BCUT2D eigenvalue weighted by Crippen LogP contribution is -2.56. The molecule has 4 saturated heterocycles. The van der Waals surface area contributed by atoms with Crippen LogP contribution in [-0.2, 0) is 57.3 Å². The smallest absolute Gasteiger partial charge is 0.356 e. The third kappa shape index (κ3) is 13.8. The van der Waals surface area contributed by atoms with Crippen molar-refractivity contribution in [1.29, 1.82) is 0 Å². The molecule has 0 N–H and O–H groups in total. The largest absolute Gasteiger partial charge is 0.493 e. The Bertz CT molecular complexity index is 5040. The number of carbonyl (C=O) groups is 8. The zero-order valence-corrected chi connectivity index (χ0v) is 84.6. The normalized spacial score (nSPS) is 26.9. The number of rotatable bonds is 40. The number of unbranched alkanes of at least 4 members (excludes halogenated alkanes) is 18. The van der Waals surface area contributed by atoms with Crippen LogP contribution in [0.3, 0.4) is 0 Å². The summed E-state index contributed by atoms with van der Waals surface area (Å²) in [6.45, 7) is 55.6. The highest BCUT2D eigenvalue weighted by atomic mass is 28.3. The fourth-order valence-electron chi connectivity index (χ4n) is 27.2. The van der Waals surface area contributed by atoms with Crippen molar-refractivity contribution in [2.45, 2.75) is 415 Å². The fraction of sp³-hybridized carbons (Fsp3) is 0.685. The van der Waals surface area contributed by atoms with Crippen LogP contribution in [0.25, 0.3) is 53.9 Å². The van der Waals surface area contributed by atoms with Gasteiger partial charge in [-0.2, -0.15) is 0 Å². The summed E-state index contributed by atoms with van der Waals surface area (Å²) in [4.78, 5) is 124. The monoisotopic (exact) mass is 1790 g/mol. The van der Waals surface area contributed by atoms with Crippen LogP contribution in [-0.4, -0.2) is 99.5 Å². The summed E-state index contributed by atoms with van der Waals surface area (Å²) in [6, 6.07) is 15.5. The summed E-state index contributed by atoms with van der Waals surface area (Å²) in [6.07, 6.45) is 24.3. The maximum absolute atomic E-state index is 16.6. The van der Waals surface area contributed by atoms with Crippen molar-refractivity contribution in [3.63, 3.8) is 0 Å². The highest BCUT2D eigenvalue weighted by Gasteiger charge is 2.80. The summed E-state index contributed by atoms with van der Waals surface area (Å²) in [5.41, 5.74) is -15.2. The van der Waals surface area contributed by atoms with Crippen LogP contribution in [0.4, 0.5) is 0 Å². The lowest BCUT2D eigenvalue weighted by atomic mass is 9.66. The topological polar surface area (TPSA) is 229 Å². The second kappa shape index (κ2) is 34.5. The standard InChI is InChI=1S/C108H152O18Si2/c1-27-29-31-33-35-37-39-41-43-45-59-117-79-61-73-81(127(65(3)4,66(5)6)67(7)8)63-71-75(119-93(113)105-55-51-101(23,89(109)123-105)97(105,15)16)47-49-77(121-95(115)107-57-53-103(25,91(111)125-107)99(107,19)20)83(71)85(73)88-86-74(62-80(87(79)88)118-60-46-44-42-40-38-36-34-32-30-28-2)82(128(68(9)10,69(11)12)70(13)14)64-72-76(120-94(114)106-56-52-102(24,90(110)124-106)98(106,17)18)48-50-78(84(72)86)122-96(116)108-58-54-104(26,92(112)126-108)100(108,21)22/h47-50,61-70H,27-46,51-60H2,1-26H3/t101-,102-,103-,104-,105+,106+,107+,108+/m0/s1. The molecule has 700 valence electrons. The Morgan fingerprint density at radius 2 is 0.523 bits per heavy atom. The predicted octanol–water partition coefficient (Wildman–Crippen LogP) is 25.9. The number of esters is 8. The van der Waals surface area contributed by atoms with E-state index in [4.69, 9.17) is 47.4 Å². The number of ether oxygens (including phenoxy) is 10. The molecule has 0 aromatic heterocycles. The van der Waals surface area contributed by atoms with Gasteiger partial charge in [-0.15, -0.1) is 0 Å². The van der Waals surface area contributed by atoms with Crippen molar-refractivity contribution in [3.05, 3.63) is 48.5 Å². The third-order valence-corrected chi connectivity index (χ3v) is 51.1. The zero-order valence-electron chi connectivity index (χ0n) is 82.6. The van der Waals surface area contributed by atoms with Crippen LogP contribution in [0, 0.1) is 43.3 Å². The molecule has 14 rings (SSSR count). The van der Waals surface area contributed by atoms with Crippen molar-refractivity contribution in [1.82, 2.24) is 0 Å². The minimum atomic E-state index is -3.21. The lowest BCUT2D eigenvalue weighted by Gasteiger charge is -2.45. The maximum atomic E-state index is 16.6. The third-order valence-electron chi connectivity index (χ3n) is 37.0. The Hall–Kier alpha value is -7.59. The van der Waals surface area contributed by atoms with Gasteiger partial charge in [0, 0.05) is 59.4 Å². The SMILES string of the molecule is CCCCCCCCCCCCOc1cc2c([Si](C(C)C)(C(C)C)C(C)C)cc3c(OC(=O)[C@@]45CC[C@@](C)(C(=O)O4)C5(C)C)ccc(OC(=O)[C@@]45CC[C@@](C)(C(=O)O4)C5(C)C)c3c2c2c1c(OCCCCCCCCCCCC)cc1c([Si](C(C)C)(C(C)C)C(C)C)cc3c(OC(=O)[C@@]45CC[C@@](C)(C(=O)O4)C5(C)C)ccc(OC(=O)[C@@]45CC[C@@](C)(C(=O)O4)C5(C)C)c3c12. The maximum Gasteiger partial charge on any atom is 0.356 e. The molecule has 128 heavy (non-hydrogen) atoms. The molecular formula is C108H152O18Si2. The van der Waals surface area contributed by atoms with Crippen molar-refractivity contribution in [3.8, 4) is 34.5 Å². The van der Waals surface area contributed by atoms with Gasteiger partial charge in [0.2, 0.25) is 22.4 Å². The average molecular weight is 1790 g/mol. The van der Waals surface area contributed by atoms with Gasteiger partial charge in [0.15, 0.2) is 0 Å². The molecule has 8 aliphatic rings. The van der Waals surface area contributed by atoms with E-state index in [-0.39, 0.29) is 81.9 Å². The quantitative estimate of drug-likeness (QED) is 0.00869. The number of benzene rings is 6. The van der Waals surface area contributed by atoms with E-state index in [0.29, 0.717) is 93.5 Å². The Balaban J connectivity index is 1.20. The van der Waals surface area contributed by atoms with Crippen molar-refractivity contribution < 1.29 is 85.7 Å². The first-order valence-corrected chi connectivity index (χ1v) is 54.1. The second-order valence-electron chi connectivity index (χ2n) is 45.3. The van der Waals surface area contributed by atoms with Crippen LogP contribution in [0.2, 0.25) is 33.2 Å². The minimum Gasteiger partial charge on any atom is -0.493 e. The van der Waals surface area contributed by atoms with Crippen LogP contribution in [0.15, 0.2) is 48.5 Å². The van der Waals surface area contributed by atoms with Crippen LogP contribution in [0.1, 0.15) is 360 Å². The van der Waals surface area contributed by atoms with Crippen LogP contribution >= 0.6 is 0 Å². The Morgan fingerprint density at radius 1 is 0.289 bits per heavy atom. The molecule has 8 fully saturated rings. The van der Waals surface area contributed by atoms with Gasteiger partial charge < -0.3 is 47.4 Å². The van der Waals surface area contributed by atoms with E-state index in [2.05, 4.69) is 121 Å². The first-order valence-electron chi connectivity index (χ1n) is 49.7. The minimum absolute atomic E-state index is 0.00988. The molecule has 8 bridgehead atoms. The molecule has 0 amide bonds. The summed E-state index contributed by atoms with van der Waals surface area (Å²) < 4.78 is 70.6. The van der Waals surface area contributed by atoms with E-state index in [0.717, 1.165) is 85.4 Å². The zero-order chi connectivity index (χ0) is 93.4. The average Bonchev–Trinajstić information content (AvgIpc) is 1.03. The number of hydrogen-bond acceptors (Lipinski definition) is 18. The highest BCUT2D eigenvalue weighted by Crippen LogP contribution is 2.71. The van der Waals surface area contributed by atoms with E-state index < -0.39 is 130 Å². The molecule has 4 aliphatic carbocycles. The molecule has 6 aromatic carbocycles. The van der Waals surface area contributed by atoms with Gasteiger partial charge in [-0.1, -0.05) is 280 Å². The fourth-order valence-corrected chi connectivity index (χ4v) is 41.0. The lowest BCUT2D eigenvalue weighted by molar-refractivity contribution is -0.176. The van der Waals surface area contributed by atoms with Gasteiger partial charge in [-0.05, 0) is 183 Å². The Morgan fingerprint density at radius 3 is 0.750 bits per heavy atom. The van der Waals surface area contributed by atoms with Crippen molar-refractivity contribution >= 4 is 128 Å². The number of hydrogen-bond donors (Lipinski definition) is 0. The molecule has 18 nitrogen and oxygen atoms in total. The Kier molecular flexibility index (Phi) is 26.0. The first kappa shape index (κ1) is 96.5. The molecule has 0 spiro atoms. The first-order chi connectivity index (χ1) is 60.1.